The minimum absolute atomic E-state index is 0. The zero-order valence-corrected chi connectivity index (χ0v) is 14.6. The van der Waals surface area contributed by atoms with E-state index in [1.54, 1.807) is 0 Å². The van der Waals surface area contributed by atoms with E-state index in [4.69, 9.17) is 0 Å². The summed E-state index contributed by atoms with van der Waals surface area (Å²) in [5, 5.41) is 3.12. The van der Waals surface area contributed by atoms with Crippen molar-refractivity contribution in [3.63, 3.8) is 0 Å². The molecular formula is C18H29ClN2O. The monoisotopic (exact) mass is 324 g/mol. The van der Waals surface area contributed by atoms with Crippen LogP contribution in [0.25, 0.3) is 0 Å². The molecule has 22 heavy (non-hydrogen) atoms. The molecule has 124 valence electrons. The lowest BCUT2D eigenvalue weighted by Gasteiger charge is -2.36. The fourth-order valence-corrected chi connectivity index (χ4v) is 2.90. The highest BCUT2D eigenvalue weighted by Crippen LogP contribution is 2.31. The molecule has 1 aromatic rings. The van der Waals surface area contributed by atoms with Gasteiger partial charge in [0.2, 0.25) is 5.91 Å². The van der Waals surface area contributed by atoms with Gasteiger partial charge >= 0.3 is 0 Å². The SMILES string of the molecule is CNCCCC(=O)N(CC1CCC1)C(C)c1ccccc1.Cl. The van der Waals surface area contributed by atoms with Crippen molar-refractivity contribution in [3.8, 4) is 0 Å². The van der Waals surface area contributed by atoms with Crippen LogP contribution in [-0.2, 0) is 4.79 Å². The van der Waals surface area contributed by atoms with Crippen LogP contribution in [0.15, 0.2) is 30.3 Å². The number of amides is 1. The average molecular weight is 325 g/mol. The molecule has 1 unspecified atom stereocenters. The highest BCUT2D eigenvalue weighted by atomic mass is 35.5. The lowest BCUT2D eigenvalue weighted by Crippen LogP contribution is -2.39. The molecule has 0 aliphatic heterocycles. The maximum absolute atomic E-state index is 12.6. The molecule has 1 N–H and O–H groups in total. The molecular weight excluding hydrogens is 296 g/mol. The van der Waals surface area contributed by atoms with Crippen molar-refractivity contribution in [2.45, 2.75) is 45.1 Å². The van der Waals surface area contributed by atoms with E-state index < -0.39 is 0 Å². The third kappa shape index (κ3) is 5.29. The Morgan fingerprint density at radius 3 is 2.55 bits per heavy atom. The Balaban J connectivity index is 0.00000242. The lowest BCUT2D eigenvalue weighted by atomic mass is 9.84. The van der Waals surface area contributed by atoms with Crippen molar-refractivity contribution in [2.75, 3.05) is 20.1 Å². The number of nitrogens with one attached hydrogen (secondary N) is 1. The second-order valence-corrected chi connectivity index (χ2v) is 6.14. The van der Waals surface area contributed by atoms with Crippen molar-refractivity contribution < 1.29 is 4.79 Å². The summed E-state index contributed by atoms with van der Waals surface area (Å²) in [5.74, 6) is 1.01. The number of hydrogen-bond donors (Lipinski definition) is 1. The van der Waals surface area contributed by atoms with E-state index in [9.17, 15) is 4.79 Å². The van der Waals surface area contributed by atoms with E-state index in [1.165, 1.54) is 24.8 Å². The molecule has 1 aromatic carbocycles. The molecule has 0 saturated heterocycles. The molecule has 0 heterocycles. The van der Waals surface area contributed by atoms with E-state index in [1.807, 2.05) is 13.1 Å². The molecule has 0 bridgehead atoms. The standard InChI is InChI=1S/C18H28N2O.ClH/c1-15(17-10-4-3-5-11-17)20(14-16-8-6-9-16)18(21)12-7-13-19-2;/h3-5,10-11,15-16,19H,6-9,12-14H2,1-2H3;1H. The van der Waals surface area contributed by atoms with Crippen LogP contribution >= 0.6 is 12.4 Å². The van der Waals surface area contributed by atoms with Crippen LogP contribution in [0.1, 0.15) is 50.6 Å². The maximum Gasteiger partial charge on any atom is 0.223 e. The predicted molar refractivity (Wildman–Crippen MR) is 94.3 cm³/mol. The van der Waals surface area contributed by atoms with E-state index in [-0.39, 0.29) is 18.4 Å². The number of halogens is 1. The predicted octanol–water partition coefficient (Wildman–Crippen LogP) is 3.80. The van der Waals surface area contributed by atoms with E-state index in [0.717, 1.165) is 19.5 Å². The van der Waals surface area contributed by atoms with Gasteiger partial charge in [-0.15, -0.1) is 12.4 Å². The largest absolute Gasteiger partial charge is 0.336 e. The molecule has 4 heteroatoms. The van der Waals surface area contributed by atoms with Crippen molar-refractivity contribution in [1.29, 1.82) is 0 Å². The Kier molecular flexibility index (Phi) is 8.51. The molecule has 1 atom stereocenters. The minimum Gasteiger partial charge on any atom is -0.336 e. The second kappa shape index (κ2) is 9.86. The fraction of sp³-hybridized carbons (Fsp3) is 0.611. The van der Waals surface area contributed by atoms with Crippen LogP contribution in [0.2, 0.25) is 0 Å². The molecule has 0 aromatic heterocycles. The van der Waals surface area contributed by atoms with Crippen LogP contribution in [0.4, 0.5) is 0 Å². The molecule has 1 aliphatic rings. The number of hydrogen-bond acceptors (Lipinski definition) is 2. The van der Waals surface area contributed by atoms with Gasteiger partial charge in [0.15, 0.2) is 0 Å². The van der Waals surface area contributed by atoms with Crippen molar-refractivity contribution in [2.24, 2.45) is 5.92 Å². The van der Waals surface area contributed by atoms with Gasteiger partial charge in [-0.3, -0.25) is 4.79 Å². The van der Waals surface area contributed by atoms with E-state index in [0.29, 0.717) is 18.2 Å². The van der Waals surface area contributed by atoms with Gasteiger partial charge in [0, 0.05) is 13.0 Å². The molecule has 1 fully saturated rings. The fourth-order valence-electron chi connectivity index (χ4n) is 2.90. The normalized spacial score (nSPS) is 15.5. The summed E-state index contributed by atoms with van der Waals surface area (Å²) in [7, 11) is 1.93. The van der Waals surface area contributed by atoms with E-state index in [2.05, 4.69) is 41.4 Å². The average Bonchev–Trinajstić information content (AvgIpc) is 2.46. The van der Waals surface area contributed by atoms with Gasteiger partial charge in [0.25, 0.3) is 0 Å². The summed E-state index contributed by atoms with van der Waals surface area (Å²) >= 11 is 0. The van der Waals surface area contributed by atoms with Crippen LogP contribution < -0.4 is 5.32 Å². The Morgan fingerprint density at radius 1 is 1.32 bits per heavy atom. The van der Waals surface area contributed by atoms with Gasteiger partial charge in [-0.25, -0.2) is 0 Å². The first-order valence-electron chi connectivity index (χ1n) is 8.21. The van der Waals surface area contributed by atoms with E-state index >= 15 is 0 Å². The van der Waals surface area contributed by atoms with Gasteiger partial charge in [-0.2, -0.15) is 0 Å². The number of rotatable bonds is 8. The summed E-state index contributed by atoms with van der Waals surface area (Å²) in [6.45, 7) is 3.99. The number of carbonyl (C=O) groups is 1. The van der Waals surface area contributed by atoms with Crippen LogP contribution in [0.5, 0.6) is 0 Å². The summed E-state index contributed by atoms with van der Waals surface area (Å²) in [4.78, 5) is 14.7. The van der Waals surface area contributed by atoms with Crippen LogP contribution in [-0.4, -0.2) is 30.9 Å². The maximum atomic E-state index is 12.6. The first kappa shape index (κ1) is 19.0. The summed E-state index contributed by atoms with van der Waals surface area (Å²) in [5.41, 5.74) is 1.23. The first-order valence-corrected chi connectivity index (χ1v) is 8.21. The smallest absolute Gasteiger partial charge is 0.223 e. The zero-order chi connectivity index (χ0) is 15.1. The quantitative estimate of drug-likeness (QED) is 0.738. The Bertz CT molecular complexity index is 434. The number of nitrogens with zero attached hydrogens (tertiary/aromatic N) is 1. The molecule has 2 rings (SSSR count). The van der Waals surface area contributed by atoms with Gasteiger partial charge in [-0.1, -0.05) is 36.8 Å². The third-order valence-electron chi connectivity index (χ3n) is 4.57. The van der Waals surface area contributed by atoms with Gasteiger partial charge in [-0.05, 0) is 51.3 Å². The molecule has 0 spiro atoms. The zero-order valence-electron chi connectivity index (χ0n) is 13.8. The van der Waals surface area contributed by atoms with Gasteiger partial charge < -0.3 is 10.2 Å². The third-order valence-corrected chi connectivity index (χ3v) is 4.57. The molecule has 3 nitrogen and oxygen atoms in total. The summed E-state index contributed by atoms with van der Waals surface area (Å²) in [6, 6.07) is 10.6. The second-order valence-electron chi connectivity index (χ2n) is 6.14. The molecule has 1 aliphatic carbocycles. The van der Waals surface area contributed by atoms with Crippen molar-refractivity contribution in [1.82, 2.24) is 10.2 Å². The number of benzene rings is 1. The van der Waals surface area contributed by atoms with Gasteiger partial charge in [0.05, 0.1) is 6.04 Å². The molecule has 1 saturated carbocycles. The highest BCUT2D eigenvalue weighted by molar-refractivity contribution is 5.85. The van der Waals surface area contributed by atoms with Crippen molar-refractivity contribution >= 4 is 18.3 Å². The van der Waals surface area contributed by atoms with Gasteiger partial charge in [0.1, 0.15) is 0 Å². The lowest BCUT2D eigenvalue weighted by molar-refractivity contribution is -0.134. The summed E-state index contributed by atoms with van der Waals surface area (Å²) in [6.07, 6.45) is 5.44. The summed E-state index contributed by atoms with van der Waals surface area (Å²) < 4.78 is 0. The molecule has 0 radical (unpaired) electrons. The minimum atomic E-state index is 0. The van der Waals surface area contributed by atoms with Crippen LogP contribution in [0, 0.1) is 5.92 Å². The topological polar surface area (TPSA) is 32.3 Å². The first-order chi connectivity index (χ1) is 10.2. The number of carbonyl (C=O) groups excluding carboxylic acids is 1. The Labute approximate surface area is 140 Å². The Morgan fingerprint density at radius 2 is 2.00 bits per heavy atom. The molecule has 1 amide bonds. The van der Waals surface area contributed by atoms with Crippen molar-refractivity contribution in [3.05, 3.63) is 35.9 Å². The highest BCUT2D eigenvalue weighted by Gasteiger charge is 2.27. The Hall–Kier alpha value is -1.06. The van der Waals surface area contributed by atoms with Crippen LogP contribution in [0.3, 0.4) is 0 Å².